The second-order valence-electron chi connectivity index (χ2n) is 4.82. The molecule has 0 aromatic heterocycles. The summed E-state index contributed by atoms with van der Waals surface area (Å²) in [6, 6.07) is 28.3. The molecule has 0 amide bonds. The van der Waals surface area contributed by atoms with Crippen molar-refractivity contribution in [2.75, 3.05) is 0 Å². The van der Waals surface area contributed by atoms with Gasteiger partial charge in [0.25, 0.3) is 0 Å². The van der Waals surface area contributed by atoms with E-state index in [0.29, 0.717) is 0 Å². The predicted molar refractivity (Wildman–Crippen MR) is 102 cm³/mol. The molecular formula is C18H15BrOP2. The predicted octanol–water partition coefficient (Wildman–Crippen LogP) is 4.68. The average Bonchev–Trinajstić information content (AvgIpc) is 2.57. The molecule has 0 aliphatic carbocycles. The van der Waals surface area contributed by atoms with Crippen LogP contribution in [0.5, 0.6) is 0 Å². The van der Waals surface area contributed by atoms with Crippen molar-refractivity contribution in [2.24, 2.45) is 0 Å². The van der Waals surface area contributed by atoms with Crippen LogP contribution in [-0.4, -0.2) is 0 Å². The van der Waals surface area contributed by atoms with Crippen molar-refractivity contribution in [2.45, 2.75) is 0 Å². The van der Waals surface area contributed by atoms with Gasteiger partial charge in [-0.1, -0.05) is 88.7 Å². The topological polar surface area (TPSA) is 17.1 Å². The molecule has 0 aliphatic heterocycles. The fourth-order valence-electron chi connectivity index (χ4n) is 2.29. The van der Waals surface area contributed by atoms with Gasteiger partial charge in [-0.15, -0.1) is 0 Å². The summed E-state index contributed by atoms with van der Waals surface area (Å²) in [7, 11) is -2.82. The van der Waals surface area contributed by atoms with E-state index >= 15 is 0 Å². The highest BCUT2D eigenvalue weighted by Gasteiger charge is 2.21. The summed E-state index contributed by atoms with van der Waals surface area (Å²) in [5, 5.41) is 3.25. The molecular weight excluding hydrogens is 374 g/mol. The second-order valence-corrected chi connectivity index (χ2v) is 11.2. The minimum Gasteiger partial charge on any atom is -0.317 e. The number of halogens is 1. The van der Waals surface area contributed by atoms with Gasteiger partial charge in [0.05, 0.1) is 0 Å². The first kappa shape index (κ1) is 15.7. The van der Waals surface area contributed by atoms with Crippen LogP contribution in [-0.2, 0) is 4.57 Å². The fourth-order valence-corrected chi connectivity index (χ4v) is 8.88. The SMILES string of the molecule is O=[PH](c1cccc(Br)c1)P(c1ccccc1)c1ccccc1. The van der Waals surface area contributed by atoms with E-state index in [1.165, 1.54) is 0 Å². The summed E-state index contributed by atoms with van der Waals surface area (Å²) < 4.78 is 14.3. The molecule has 0 N–H and O–H groups in total. The van der Waals surface area contributed by atoms with Crippen LogP contribution in [0.25, 0.3) is 0 Å². The first-order chi connectivity index (χ1) is 10.8. The molecule has 0 fully saturated rings. The van der Waals surface area contributed by atoms with Crippen molar-refractivity contribution in [1.29, 1.82) is 0 Å². The van der Waals surface area contributed by atoms with Gasteiger partial charge in [-0.25, -0.2) is 0 Å². The minimum absolute atomic E-state index is 0.875. The molecule has 110 valence electrons. The van der Waals surface area contributed by atoms with Crippen molar-refractivity contribution in [3.63, 3.8) is 0 Å². The van der Waals surface area contributed by atoms with Gasteiger partial charge < -0.3 is 4.57 Å². The summed E-state index contributed by atoms with van der Waals surface area (Å²) in [6.45, 7) is 0. The normalized spacial score (nSPS) is 12.3. The van der Waals surface area contributed by atoms with E-state index < -0.39 is 15.1 Å². The molecule has 0 bridgehead atoms. The third-order valence-electron chi connectivity index (χ3n) is 3.30. The average molecular weight is 389 g/mol. The summed E-state index contributed by atoms with van der Waals surface area (Å²) in [4.78, 5) is 0. The molecule has 3 aromatic carbocycles. The number of rotatable bonds is 4. The Labute approximate surface area is 141 Å². The maximum absolute atomic E-state index is 13.3. The quantitative estimate of drug-likeness (QED) is 0.593. The van der Waals surface area contributed by atoms with Crippen LogP contribution in [0.2, 0.25) is 0 Å². The molecule has 1 atom stereocenters. The van der Waals surface area contributed by atoms with E-state index in [4.69, 9.17) is 0 Å². The van der Waals surface area contributed by atoms with Gasteiger partial charge in [-0.05, 0) is 22.7 Å². The van der Waals surface area contributed by atoms with Gasteiger partial charge in [-0.2, -0.15) is 0 Å². The monoisotopic (exact) mass is 388 g/mol. The Morgan fingerprint density at radius 1 is 0.727 bits per heavy atom. The summed E-state index contributed by atoms with van der Waals surface area (Å²) >= 11 is 3.48. The van der Waals surface area contributed by atoms with Crippen molar-refractivity contribution >= 4 is 46.9 Å². The summed E-state index contributed by atoms with van der Waals surface area (Å²) in [5.41, 5.74) is 0. The minimum atomic E-state index is -1.95. The molecule has 22 heavy (non-hydrogen) atoms. The van der Waals surface area contributed by atoms with Crippen LogP contribution in [0.1, 0.15) is 0 Å². The van der Waals surface area contributed by atoms with Crippen LogP contribution in [0.4, 0.5) is 0 Å². The second kappa shape index (κ2) is 7.38. The Morgan fingerprint density at radius 2 is 1.27 bits per heavy atom. The molecule has 0 heterocycles. The van der Waals surface area contributed by atoms with Crippen LogP contribution in [0.15, 0.2) is 89.4 Å². The molecule has 0 radical (unpaired) electrons. The van der Waals surface area contributed by atoms with Crippen molar-refractivity contribution in [1.82, 2.24) is 0 Å². The van der Waals surface area contributed by atoms with Crippen molar-refractivity contribution in [3.8, 4) is 0 Å². The molecule has 3 aromatic rings. The largest absolute Gasteiger partial charge is 0.317 e. The molecule has 1 nitrogen and oxygen atoms in total. The van der Waals surface area contributed by atoms with E-state index in [1.807, 2.05) is 60.7 Å². The molecule has 1 unspecified atom stereocenters. The zero-order valence-corrected chi connectivity index (χ0v) is 15.3. The third kappa shape index (κ3) is 3.58. The Kier molecular flexibility index (Phi) is 5.26. The molecule has 0 aliphatic rings. The molecule has 4 heteroatoms. The molecule has 3 rings (SSSR count). The van der Waals surface area contributed by atoms with E-state index in [-0.39, 0.29) is 0 Å². The van der Waals surface area contributed by atoms with Crippen molar-refractivity contribution in [3.05, 3.63) is 89.4 Å². The third-order valence-corrected chi connectivity index (χ3v) is 10.2. The van der Waals surface area contributed by atoms with Gasteiger partial charge in [0.1, 0.15) is 7.49 Å². The highest BCUT2D eigenvalue weighted by atomic mass is 79.9. The highest BCUT2D eigenvalue weighted by Crippen LogP contribution is 2.58. The van der Waals surface area contributed by atoms with Crippen molar-refractivity contribution < 1.29 is 4.57 Å². The Bertz CT molecular complexity index is 736. The number of hydrogen-bond acceptors (Lipinski definition) is 1. The summed E-state index contributed by atoms with van der Waals surface area (Å²) in [6.07, 6.45) is 0. The van der Waals surface area contributed by atoms with Gasteiger partial charge in [0, 0.05) is 17.4 Å². The Morgan fingerprint density at radius 3 is 1.77 bits per heavy atom. The summed E-state index contributed by atoms with van der Waals surface area (Å²) in [5.74, 6) is 0. The lowest BCUT2D eigenvalue weighted by atomic mass is 10.4. The van der Waals surface area contributed by atoms with E-state index in [9.17, 15) is 4.57 Å². The molecule has 0 spiro atoms. The lowest BCUT2D eigenvalue weighted by molar-refractivity contribution is 0.600. The lowest BCUT2D eigenvalue weighted by Gasteiger charge is -2.18. The first-order valence-electron chi connectivity index (χ1n) is 6.96. The van der Waals surface area contributed by atoms with Gasteiger partial charge >= 0.3 is 0 Å². The number of hydrogen-bond donors (Lipinski definition) is 0. The van der Waals surface area contributed by atoms with Crippen LogP contribution in [0.3, 0.4) is 0 Å². The van der Waals surface area contributed by atoms with Gasteiger partial charge in [0.15, 0.2) is 0 Å². The van der Waals surface area contributed by atoms with Crippen LogP contribution < -0.4 is 15.9 Å². The van der Waals surface area contributed by atoms with E-state index in [2.05, 4.69) is 40.2 Å². The van der Waals surface area contributed by atoms with Gasteiger partial charge in [0.2, 0.25) is 0 Å². The first-order valence-corrected chi connectivity index (χ1v) is 11.3. The van der Waals surface area contributed by atoms with E-state index in [1.54, 1.807) is 0 Å². The van der Waals surface area contributed by atoms with E-state index in [0.717, 1.165) is 20.4 Å². The maximum atomic E-state index is 13.3. The number of benzene rings is 3. The molecule has 0 saturated carbocycles. The van der Waals surface area contributed by atoms with Gasteiger partial charge in [-0.3, -0.25) is 0 Å². The van der Waals surface area contributed by atoms with Crippen LogP contribution in [0, 0.1) is 0 Å². The zero-order valence-electron chi connectivity index (χ0n) is 11.8. The highest BCUT2D eigenvalue weighted by molar-refractivity contribution is 9.10. The Balaban J connectivity index is 2.08. The molecule has 0 saturated heterocycles. The smallest absolute Gasteiger partial charge is 0.132 e. The van der Waals surface area contributed by atoms with Crippen LogP contribution >= 0.6 is 31.0 Å². The maximum Gasteiger partial charge on any atom is 0.132 e. The lowest BCUT2D eigenvalue weighted by Crippen LogP contribution is -2.11. The standard InChI is InChI=1S/C18H15BrOP2/c19-15-8-7-13-18(14-15)22(20)21(16-9-3-1-4-10-16)17-11-5-2-6-12-17/h1-14,22H. The fraction of sp³-hybridized carbons (Fsp3) is 0. The zero-order chi connectivity index (χ0) is 15.4. The Hall–Kier alpha value is -1.20.